The van der Waals surface area contributed by atoms with E-state index >= 15 is 0 Å². The van der Waals surface area contributed by atoms with Gasteiger partial charge in [-0.15, -0.1) is 0 Å². The number of aromatic nitrogens is 1. The molecule has 1 heterocycles. The summed E-state index contributed by atoms with van der Waals surface area (Å²) in [5.41, 5.74) is -1.27. The maximum absolute atomic E-state index is 13.1. The van der Waals surface area contributed by atoms with Crippen molar-refractivity contribution in [2.75, 3.05) is 0 Å². The van der Waals surface area contributed by atoms with Gasteiger partial charge in [0.2, 0.25) is 5.69 Å². The van der Waals surface area contributed by atoms with Gasteiger partial charge in [0.25, 0.3) is 0 Å². The number of halogens is 4. The lowest BCUT2D eigenvalue weighted by Crippen LogP contribution is -2.04. The van der Waals surface area contributed by atoms with Crippen molar-refractivity contribution in [1.82, 2.24) is 4.98 Å². The molecular formula is C7H4BrF3N2O2. The van der Waals surface area contributed by atoms with E-state index in [0.29, 0.717) is 6.07 Å². The van der Waals surface area contributed by atoms with Crippen LogP contribution in [0.4, 0.5) is 19.0 Å². The first-order chi connectivity index (χ1) is 6.97. The molecule has 0 radical (unpaired) electrons. The highest BCUT2D eigenvalue weighted by atomic mass is 79.9. The van der Waals surface area contributed by atoms with Crippen LogP contribution in [0.2, 0.25) is 0 Å². The number of nitrogens with zero attached hydrogens (tertiary/aromatic N) is 2. The third-order valence-corrected chi connectivity index (χ3v) is 2.18. The molecule has 4 nitrogen and oxygen atoms in total. The summed E-state index contributed by atoms with van der Waals surface area (Å²) in [4.78, 5) is 12.3. The van der Waals surface area contributed by atoms with Gasteiger partial charge in [0.1, 0.15) is 5.82 Å². The van der Waals surface area contributed by atoms with Gasteiger partial charge in [-0.1, -0.05) is 15.9 Å². The first kappa shape index (κ1) is 11.9. The molecule has 1 aromatic heterocycles. The van der Waals surface area contributed by atoms with Crippen LogP contribution in [0.15, 0.2) is 6.07 Å². The Labute approximate surface area is 90.4 Å². The highest BCUT2D eigenvalue weighted by Crippen LogP contribution is 2.27. The molecule has 0 saturated carbocycles. The van der Waals surface area contributed by atoms with Crippen molar-refractivity contribution in [3.63, 3.8) is 0 Å². The minimum absolute atomic E-state index is 0.177. The molecule has 0 unspecified atom stereocenters. The fourth-order valence-electron chi connectivity index (χ4n) is 0.952. The molecule has 0 spiro atoms. The Bertz CT molecular complexity index is 400. The van der Waals surface area contributed by atoms with Gasteiger partial charge in [0.05, 0.1) is 11.6 Å². The van der Waals surface area contributed by atoms with Crippen LogP contribution in [-0.4, -0.2) is 9.91 Å². The largest absolute Gasteiger partial charge is 0.366 e. The van der Waals surface area contributed by atoms with E-state index in [0.717, 1.165) is 0 Å². The molecule has 0 aromatic carbocycles. The summed E-state index contributed by atoms with van der Waals surface area (Å²) < 4.78 is 37.9. The highest BCUT2D eigenvalue weighted by molar-refractivity contribution is 9.08. The summed E-state index contributed by atoms with van der Waals surface area (Å²) in [7, 11) is 0. The smallest absolute Gasteiger partial charge is 0.358 e. The van der Waals surface area contributed by atoms with Crippen molar-refractivity contribution in [1.29, 1.82) is 0 Å². The van der Waals surface area contributed by atoms with Crippen molar-refractivity contribution in [2.24, 2.45) is 0 Å². The Hall–Kier alpha value is -1.18. The summed E-state index contributed by atoms with van der Waals surface area (Å²) in [6.45, 7) is 0. The first-order valence-corrected chi connectivity index (χ1v) is 4.77. The zero-order chi connectivity index (χ0) is 11.6. The van der Waals surface area contributed by atoms with Crippen molar-refractivity contribution >= 4 is 21.7 Å². The van der Waals surface area contributed by atoms with Gasteiger partial charge >= 0.3 is 12.2 Å². The molecule has 15 heavy (non-hydrogen) atoms. The minimum atomic E-state index is -3.05. The van der Waals surface area contributed by atoms with E-state index in [2.05, 4.69) is 20.9 Å². The molecule has 0 saturated heterocycles. The molecule has 8 heteroatoms. The summed E-state index contributed by atoms with van der Waals surface area (Å²) in [5, 5.41) is 10.1. The van der Waals surface area contributed by atoms with Crippen LogP contribution in [0, 0.1) is 15.9 Å². The molecule has 0 bridgehead atoms. The predicted molar refractivity (Wildman–Crippen MR) is 48.4 cm³/mol. The zero-order valence-corrected chi connectivity index (χ0v) is 8.67. The average molecular weight is 285 g/mol. The standard InChI is InChI=1S/C7H4BrF3N2O2/c8-2-3-4(9)1-5(13(14)15)12-6(3)7(10)11/h1,7H,2H2. The molecule has 0 aliphatic carbocycles. The second-order valence-corrected chi connectivity index (χ2v) is 3.08. The normalized spacial score (nSPS) is 10.7. The molecular weight excluding hydrogens is 281 g/mol. The Morgan fingerprint density at radius 2 is 2.20 bits per heavy atom. The Kier molecular flexibility index (Phi) is 3.61. The summed E-state index contributed by atoms with van der Waals surface area (Å²) >= 11 is 2.81. The molecule has 0 amide bonds. The quantitative estimate of drug-likeness (QED) is 0.487. The fourth-order valence-corrected chi connectivity index (χ4v) is 1.51. The lowest BCUT2D eigenvalue weighted by atomic mass is 10.2. The average Bonchev–Trinajstić information content (AvgIpc) is 2.16. The Morgan fingerprint density at radius 3 is 2.60 bits per heavy atom. The number of alkyl halides is 3. The van der Waals surface area contributed by atoms with E-state index in [-0.39, 0.29) is 10.9 Å². The van der Waals surface area contributed by atoms with Crippen LogP contribution in [0.1, 0.15) is 17.7 Å². The van der Waals surface area contributed by atoms with Gasteiger partial charge in [0, 0.05) is 5.33 Å². The van der Waals surface area contributed by atoms with Crippen molar-refractivity contribution < 1.29 is 18.1 Å². The van der Waals surface area contributed by atoms with Crippen LogP contribution in [0.3, 0.4) is 0 Å². The van der Waals surface area contributed by atoms with Gasteiger partial charge in [0.15, 0.2) is 0 Å². The fraction of sp³-hybridized carbons (Fsp3) is 0.286. The molecule has 0 atom stereocenters. The Morgan fingerprint density at radius 1 is 1.60 bits per heavy atom. The second-order valence-electron chi connectivity index (χ2n) is 2.52. The summed E-state index contributed by atoms with van der Waals surface area (Å²) in [6, 6.07) is 0.516. The highest BCUT2D eigenvalue weighted by Gasteiger charge is 2.26. The van der Waals surface area contributed by atoms with E-state index < -0.39 is 28.7 Å². The predicted octanol–water partition coefficient (Wildman–Crippen LogP) is 2.96. The van der Waals surface area contributed by atoms with Crippen molar-refractivity contribution in [3.05, 3.63) is 33.3 Å². The van der Waals surface area contributed by atoms with E-state index in [9.17, 15) is 23.3 Å². The maximum Gasteiger partial charge on any atom is 0.366 e. The van der Waals surface area contributed by atoms with E-state index in [1.54, 1.807) is 0 Å². The van der Waals surface area contributed by atoms with Gasteiger partial charge in [-0.2, -0.15) is 0 Å². The number of hydrogen-bond acceptors (Lipinski definition) is 3. The number of pyridine rings is 1. The summed E-state index contributed by atoms with van der Waals surface area (Å²) in [6.07, 6.45) is -3.05. The number of nitro groups is 1. The topological polar surface area (TPSA) is 56.0 Å². The minimum Gasteiger partial charge on any atom is -0.358 e. The first-order valence-electron chi connectivity index (χ1n) is 3.65. The zero-order valence-electron chi connectivity index (χ0n) is 7.08. The van der Waals surface area contributed by atoms with Crippen LogP contribution >= 0.6 is 15.9 Å². The van der Waals surface area contributed by atoms with Gasteiger partial charge in [-0.05, 0) is 9.91 Å². The summed E-state index contributed by atoms with van der Waals surface area (Å²) in [5.74, 6) is -1.99. The van der Waals surface area contributed by atoms with E-state index in [4.69, 9.17) is 0 Å². The van der Waals surface area contributed by atoms with E-state index in [1.807, 2.05) is 0 Å². The molecule has 82 valence electrons. The maximum atomic E-state index is 13.1. The van der Waals surface area contributed by atoms with Gasteiger partial charge < -0.3 is 10.1 Å². The van der Waals surface area contributed by atoms with Crippen LogP contribution in [-0.2, 0) is 5.33 Å². The lowest BCUT2D eigenvalue weighted by Gasteiger charge is -2.02. The molecule has 0 fully saturated rings. The SMILES string of the molecule is O=[N+]([O-])c1cc(F)c(CBr)c(C(F)F)n1. The van der Waals surface area contributed by atoms with Crippen LogP contribution in [0.5, 0.6) is 0 Å². The monoisotopic (exact) mass is 284 g/mol. The number of hydrogen-bond donors (Lipinski definition) is 0. The van der Waals surface area contributed by atoms with E-state index in [1.165, 1.54) is 0 Å². The van der Waals surface area contributed by atoms with Gasteiger partial charge in [-0.25, -0.2) is 13.2 Å². The van der Waals surface area contributed by atoms with Crippen LogP contribution in [0.25, 0.3) is 0 Å². The van der Waals surface area contributed by atoms with Crippen LogP contribution < -0.4 is 0 Å². The van der Waals surface area contributed by atoms with Crippen molar-refractivity contribution in [3.8, 4) is 0 Å². The third kappa shape index (κ3) is 2.44. The number of rotatable bonds is 3. The molecule has 0 aliphatic rings. The third-order valence-electron chi connectivity index (χ3n) is 1.62. The molecule has 0 N–H and O–H groups in total. The van der Waals surface area contributed by atoms with Gasteiger partial charge in [-0.3, -0.25) is 0 Å². The molecule has 1 aromatic rings. The molecule has 0 aliphatic heterocycles. The molecule has 1 rings (SSSR count). The lowest BCUT2D eigenvalue weighted by molar-refractivity contribution is -0.389. The van der Waals surface area contributed by atoms with Crippen molar-refractivity contribution in [2.45, 2.75) is 11.8 Å². The second kappa shape index (κ2) is 4.56. The Balaban J connectivity index is 3.38.